The second-order valence-corrected chi connectivity index (χ2v) is 3.11. The molecule has 0 aliphatic carbocycles. The lowest BCUT2D eigenvalue weighted by atomic mass is 10.3. The Labute approximate surface area is 81.9 Å². The molecule has 4 heteroatoms. The van der Waals surface area contributed by atoms with Gasteiger partial charge in [-0.3, -0.25) is 0 Å². The number of nitrogens with one attached hydrogen (secondary N) is 1. The normalized spacial score (nSPS) is 10.1. The van der Waals surface area contributed by atoms with Crippen molar-refractivity contribution in [3.8, 4) is 0 Å². The Balaban J connectivity index is 2.53. The highest BCUT2D eigenvalue weighted by atomic mass is 35.5. The maximum absolute atomic E-state index is 12.9. The van der Waals surface area contributed by atoms with Crippen molar-refractivity contribution in [3.63, 3.8) is 0 Å². The van der Waals surface area contributed by atoms with Gasteiger partial charge in [0, 0.05) is 12.2 Å². The molecule has 0 saturated carbocycles. The topological polar surface area (TPSA) is 38.0 Å². The first kappa shape index (κ1) is 10.3. The molecule has 0 aromatic heterocycles. The first-order valence-corrected chi connectivity index (χ1v) is 4.51. The highest BCUT2D eigenvalue weighted by Crippen LogP contribution is 2.18. The van der Waals surface area contributed by atoms with Gasteiger partial charge in [-0.1, -0.05) is 11.6 Å². The van der Waals surface area contributed by atoms with Crippen LogP contribution in [0.15, 0.2) is 18.2 Å². The molecule has 0 saturated heterocycles. The first-order valence-electron chi connectivity index (χ1n) is 4.13. The molecule has 1 rings (SSSR count). The van der Waals surface area contributed by atoms with Crippen molar-refractivity contribution >= 4 is 17.3 Å². The predicted molar refractivity (Wildman–Crippen MR) is 53.6 cm³/mol. The van der Waals surface area contributed by atoms with Crippen LogP contribution in [-0.2, 0) is 0 Å². The Kier molecular flexibility index (Phi) is 3.99. The first-order chi connectivity index (χ1) is 6.24. The largest absolute Gasteiger partial charge is 0.385 e. The zero-order chi connectivity index (χ0) is 9.68. The number of hydrogen-bond donors (Lipinski definition) is 2. The number of rotatable bonds is 4. The molecule has 13 heavy (non-hydrogen) atoms. The summed E-state index contributed by atoms with van der Waals surface area (Å²) in [6.45, 7) is 1.38. The van der Waals surface area contributed by atoms with Crippen molar-refractivity contribution in [1.29, 1.82) is 0 Å². The summed E-state index contributed by atoms with van der Waals surface area (Å²) in [7, 11) is 0. The van der Waals surface area contributed by atoms with Crippen LogP contribution < -0.4 is 11.1 Å². The zero-order valence-electron chi connectivity index (χ0n) is 7.19. The summed E-state index contributed by atoms with van der Waals surface area (Å²) in [4.78, 5) is 0. The summed E-state index contributed by atoms with van der Waals surface area (Å²) in [5, 5.41) is 3.18. The van der Waals surface area contributed by atoms with Gasteiger partial charge in [0.1, 0.15) is 5.82 Å². The van der Waals surface area contributed by atoms with Crippen LogP contribution in [0.5, 0.6) is 0 Å². The van der Waals surface area contributed by atoms with Crippen LogP contribution in [0.2, 0.25) is 5.02 Å². The van der Waals surface area contributed by atoms with Crippen LogP contribution in [0.4, 0.5) is 10.1 Å². The molecule has 3 N–H and O–H groups in total. The third-order valence-electron chi connectivity index (χ3n) is 1.63. The van der Waals surface area contributed by atoms with Crippen molar-refractivity contribution < 1.29 is 4.39 Å². The Morgan fingerprint density at radius 2 is 2.23 bits per heavy atom. The monoisotopic (exact) mass is 202 g/mol. The van der Waals surface area contributed by atoms with Crippen molar-refractivity contribution in [2.24, 2.45) is 5.73 Å². The van der Waals surface area contributed by atoms with E-state index < -0.39 is 5.82 Å². The van der Waals surface area contributed by atoms with E-state index in [4.69, 9.17) is 17.3 Å². The second-order valence-electron chi connectivity index (χ2n) is 2.70. The van der Waals surface area contributed by atoms with E-state index in [1.807, 2.05) is 0 Å². The summed E-state index contributed by atoms with van der Waals surface area (Å²) in [5.74, 6) is -0.403. The summed E-state index contributed by atoms with van der Waals surface area (Å²) in [5.41, 5.74) is 6.04. The number of halogens is 2. The van der Waals surface area contributed by atoms with E-state index in [0.29, 0.717) is 6.54 Å². The fourth-order valence-corrected chi connectivity index (χ4v) is 1.06. The number of benzene rings is 1. The molecule has 0 aliphatic rings. The molecule has 0 bridgehead atoms. The fraction of sp³-hybridized carbons (Fsp3) is 0.333. The molecule has 0 atom stereocenters. The summed E-state index contributed by atoms with van der Waals surface area (Å²) in [6, 6.07) is 4.64. The molecule has 0 radical (unpaired) electrons. The SMILES string of the molecule is NCCCNc1ccc(Cl)c(F)c1. The Bertz CT molecular complexity index is 278. The standard InChI is InChI=1S/C9H12ClFN2/c10-8-3-2-7(6-9(8)11)13-5-1-4-12/h2-3,6,13H,1,4-5,12H2. The molecule has 0 spiro atoms. The highest BCUT2D eigenvalue weighted by Gasteiger charge is 1.99. The van der Waals surface area contributed by atoms with Gasteiger partial charge < -0.3 is 11.1 Å². The Hall–Kier alpha value is -0.800. The molecule has 1 aromatic carbocycles. The lowest BCUT2D eigenvalue weighted by Gasteiger charge is -2.05. The van der Waals surface area contributed by atoms with Gasteiger partial charge in [-0.2, -0.15) is 0 Å². The van der Waals surface area contributed by atoms with Gasteiger partial charge in [0.15, 0.2) is 0 Å². The molecule has 72 valence electrons. The fourth-order valence-electron chi connectivity index (χ4n) is 0.941. The Morgan fingerprint density at radius 3 is 2.85 bits per heavy atom. The summed E-state index contributed by atoms with van der Waals surface area (Å²) < 4.78 is 12.9. The van der Waals surface area contributed by atoms with Crippen LogP contribution in [0, 0.1) is 5.82 Å². The predicted octanol–water partition coefficient (Wildman–Crippen LogP) is 2.24. The molecule has 0 unspecified atom stereocenters. The van der Waals surface area contributed by atoms with Crippen molar-refractivity contribution in [3.05, 3.63) is 29.0 Å². The quantitative estimate of drug-likeness (QED) is 0.735. The van der Waals surface area contributed by atoms with E-state index in [1.165, 1.54) is 12.1 Å². The number of hydrogen-bond acceptors (Lipinski definition) is 2. The maximum Gasteiger partial charge on any atom is 0.143 e. The average molecular weight is 203 g/mol. The number of anilines is 1. The van der Waals surface area contributed by atoms with Crippen molar-refractivity contribution in [2.45, 2.75) is 6.42 Å². The second kappa shape index (κ2) is 5.04. The van der Waals surface area contributed by atoms with Crippen LogP contribution in [0.3, 0.4) is 0 Å². The summed E-state index contributed by atoms with van der Waals surface area (Å²) in [6.07, 6.45) is 0.865. The molecular formula is C9H12ClFN2. The molecular weight excluding hydrogens is 191 g/mol. The van der Waals surface area contributed by atoms with Crippen LogP contribution in [0.1, 0.15) is 6.42 Å². The number of nitrogens with two attached hydrogens (primary N) is 1. The molecule has 0 fully saturated rings. The van der Waals surface area contributed by atoms with E-state index in [9.17, 15) is 4.39 Å². The van der Waals surface area contributed by atoms with Gasteiger partial charge in [-0.25, -0.2) is 4.39 Å². The summed E-state index contributed by atoms with van der Waals surface area (Å²) >= 11 is 5.52. The molecule has 1 aromatic rings. The van der Waals surface area contributed by atoms with E-state index >= 15 is 0 Å². The van der Waals surface area contributed by atoms with Gasteiger partial charge in [-0.05, 0) is 31.2 Å². The minimum Gasteiger partial charge on any atom is -0.385 e. The van der Waals surface area contributed by atoms with E-state index in [2.05, 4.69) is 5.32 Å². The van der Waals surface area contributed by atoms with Crippen LogP contribution >= 0.6 is 11.6 Å². The Morgan fingerprint density at radius 1 is 1.46 bits per heavy atom. The minimum absolute atomic E-state index is 0.143. The van der Waals surface area contributed by atoms with Crippen LogP contribution in [-0.4, -0.2) is 13.1 Å². The van der Waals surface area contributed by atoms with Crippen molar-refractivity contribution in [1.82, 2.24) is 0 Å². The highest BCUT2D eigenvalue weighted by molar-refractivity contribution is 6.30. The third-order valence-corrected chi connectivity index (χ3v) is 1.94. The third kappa shape index (κ3) is 3.20. The maximum atomic E-state index is 12.9. The van der Waals surface area contributed by atoms with Gasteiger partial charge in [-0.15, -0.1) is 0 Å². The smallest absolute Gasteiger partial charge is 0.143 e. The lowest BCUT2D eigenvalue weighted by Crippen LogP contribution is -2.08. The van der Waals surface area contributed by atoms with Crippen molar-refractivity contribution in [2.75, 3.05) is 18.4 Å². The zero-order valence-corrected chi connectivity index (χ0v) is 7.94. The van der Waals surface area contributed by atoms with Gasteiger partial charge in [0.25, 0.3) is 0 Å². The van der Waals surface area contributed by atoms with Gasteiger partial charge in [0.2, 0.25) is 0 Å². The minimum atomic E-state index is -0.403. The molecule has 0 amide bonds. The van der Waals surface area contributed by atoms with E-state index in [1.54, 1.807) is 6.07 Å². The molecule has 0 heterocycles. The van der Waals surface area contributed by atoms with E-state index in [0.717, 1.165) is 18.7 Å². The lowest BCUT2D eigenvalue weighted by molar-refractivity contribution is 0.628. The van der Waals surface area contributed by atoms with Gasteiger partial charge >= 0.3 is 0 Å². The molecule has 0 aliphatic heterocycles. The van der Waals surface area contributed by atoms with Gasteiger partial charge in [0.05, 0.1) is 5.02 Å². The average Bonchev–Trinajstić information content (AvgIpc) is 2.12. The van der Waals surface area contributed by atoms with E-state index in [-0.39, 0.29) is 5.02 Å². The van der Waals surface area contributed by atoms with Crippen LogP contribution in [0.25, 0.3) is 0 Å². The molecule has 2 nitrogen and oxygen atoms in total.